The highest BCUT2D eigenvalue weighted by Crippen LogP contribution is 2.44. The van der Waals surface area contributed by atoms with E-state index in [2.05, 4.69) is 5.32 Å². The summed E-state index contributed by atoms with van der Waals surface area (Å²) in [6, 6.07) is 3.75. The molecule has 166 valence electrons. The van der Waals surface area contributed by atoms with Gasteiger partial charge in [-0.25, -0.2) is 0 Å². The summed E-state index contributed by atoms with van der Waals surface area (Å²) in [5.41, 5.74) is 0.896. The van der Waals surface area contributed by atoms with Crippen LogP contribution in [-0.4, -0.2) is 71.4 Å². The van der Waals surface area contributed by atoms with Gasteiger partial charge in [-0.2, -0.15) is 0 Å². The largest absolute Gasteiger partial charge is 0.493 e. The zero-order chi connectivity index (χ0) is 21.7. The van der Waals surface area contributed by atoms with Crippen LogP contribution in [0.4, 0.5) is 0 Å². The van der Waals surface area contributed by atoms with E-state index in [1.165, 1.54) is 0 Å². The zero-order valence-electron chi connectivity index (χ0n) is 18.2. The Morgan fingerprint density at radius 3 is 2.23 bits per heavy atom. The average Bonchev–Trinajstić information content (AvgIpc) is 3.52. The SMILES string of the molecule is COCCCNC(=O)[C@H]1CN(C(=O)C2CC2)C[C@@H]1c1cc(OC)c(OC)c(OC)c1. The maximum absolute atomic E-state index is 13.0. The molecule has 8 heteroatoms. The third-order valence-corrected chi connectivity index (χ3v) is 5.83. The van der Waals surface area contributed by atoms with E-state index in [0.717, 1.165) is 24.8 Å². The van der Waals surface area contributed by atoms with E-state index in [9.17, 15) is 9.59 Å². The second-order valence-corrected chi connectivity index (χ2v) is 7.83. The molecule has 0 bridgehead atoms. The molecule has 1 aromatic carbocycles. The number of nitrogens with one attached hydrogen (secondary N) is 1. The minimum atomic E-state index is -0.335. The second-order valence-electron chi connectivity index (χ2n) is 7.83. The maximum Gasteiger partial charge on any atom is 0.225 e. The van der Waals surface area contributed by atoms with E-state index in [4.69, 9.17) is 18.9 Å². The van der Waals surface area contributed by atoms with Crippen LogP contribution in [0.25, 0.3) is 0 Å². The summed E-state index contributed by atoms with van der Waals surface area (Å²) in [7, 11) is 6.33. The fourth-order valence-corrected chi connectivity index (χ4v) is 4.05. The lowest BCUT2D eigenvalue weighted by Gasteiger charge is -2.21. The second kappa shape index (κ2) is 10.0. The van der Waals surface area contributed by atoms with Gasteiger partial charge in [-0.15, -0.1) is 0 Å². The number of methoxy groups -OCH3 is 4. The Hall–Kier alpha value is -2.48. The molecular weight excluding hydrogens is 388 g/mol. The van der Waals surface area contributed by atoms with Crippen LogP contribution < -0.4 is 19.5 Å². The van der Waals surface area contributed by atoms with Gasteiger partial charge in [0.25, 0.3) is 0 Å². The van der Waals surface area contributed by atoms with Crippen LogP contribution in [0.5, 0.6) is 17.2 Å². The van der Waals surface area contributed by atoms with Crippen molar-refractivity contribution in [3.8, 4) is 17.2 Å². The van der Waals surface area contributed by atoms with E-state index in [1.54, 1.807) is 28.4 Å². The fourth-order valence-electron chi connectivity index (χ4n) is 4.05. The van der Waals surface area contributed by atoms with Gasteiger partial charge in [-0.1, -0.05) is 0 Å². The van der Waals surface area contributed by atoms with Crippen molar-refractivity contribution in [2.24, 2.45) is 11.8 Å². The Bertz CT molecular complexity index is 739. The summed E-state index contributed by atoms with van der Waals surface area (Å²) >= 11 is 0. The van der Waals surface area contributed by atoms with Gasteiger partial charge in [0.2, 0.25) is 17.6 Å². The number of amides is 2. The molecule has 2 aliphatic rings. The van der Waals surface area contributed by atoms with Crippen molar-refractivity contribution in [1.82, 2.24) is 10.2 Å². The smallest absolute Gasteiger partial charge is 0.225 e. The first-order valence-corrected chi connectivity index (χ1v) is 10.4. The van der Waals surface area contributed by atoms with Crippen molar-refractivity contribution < 1.29 is 28.5 Å². The summed E-state index contributed by atoms with van der Waals surface area (Å²) in [6.07, 6.45) is 2.63. The molecule has 1 heterocycles. The molecule has 3 rings (SSSR count). The summed E-state index contributed by atoms with van der Waals surface area (Å²) in [6.45, 7) is 2.06. The van der Waals surface area contributed by atoms with Crippen molar-refractivity contribution in [2.75, 3.05) is 54.7 Å². The van der Waals surface area contributed by atoms with Gasteiger partial charge in [0.1, 0.15) is 0 Å². The van der Waals surface area contributed by atoms with Crippen molar-refractivity contribution in [3.05, 3.63) is 17.7 Å². The van der Waals surface area contributed by atoms with Gasteiger partial charge in [-0.3, -0.25) is 9.59 Å². The molecule has 1 aromatic rings. The van der Waals surface area contributed by atoms with Crippen LogP contribution in [0.2, 0.25) is 0 Å². The summed E-state index contributed by atoms with van der Waals surface area (Å²) in [5, 5.41) is 3.00. The molecule has 1 N–H and O–H groups in total. The van der Waals surface area contributed by atoms with Crippen LogP contribution in [-0.2, 0) is 14.3 Å². The molecule has 8 nitrogen and oxygen atoms in total. The van der Waals surface area contributed by atoms with Crippen LogP contribution in [0.1, 0.15) is 30.7 Å². The Balaban J connectivity index is 1.86. The van der Waals surface area contributed by atoms with Gasteiger partial charge in [-0.05, 0) is 37.0 Å². The summed E-state index contributed by atoms with van der Waals surface area (Å²) in [5.74, 6) is 1.33. The number of rotatable bonds is 10. The van der Waals surface area contributed by atoms with Crippen LogP contribution >= 0.6 is 0 Å². The Labute approximate surface area is 177 Å². The fraction of sp³-hybridized carbons (Fsp3) is 0.636. The van der Waals surface area contributed by atoms with E-state index >= 15 is 0 Å². The molecule has 2 atom stereocenters. The van der Waals surface area contributed by atoms with Gasteiger partial charge in [0, 0.05) is 45.2 Å². The monoisotopic (exact) mass is 420 g/mol. The first-order chi connectivity index (χ1) is 14.5. The number of ether oxygens (including phenoxy) is 4. The standard InChI is InChI=1S/C22H32N2O6/c1-27-9-5-8-23-21(25)17-13-24(22(26)14-6-7-14)12-16(17)15-10-18(28-2)20(30-4)19(11-15)29-3/h10-11,14,16-17H,5-9,12-13H2,1-4H3,(H,23,25)/t16-,17+/m1/s1. The molecule has 2 fully saturated rings. The van der Waals surface area contributed by atoms with Crippen molar-refractivity contribution in [2.45, 2.75) is 25.2 Å². The predicted octanol–water partition coefficient (Wildman–Crippen LogP) is 1.82. The lowest BCUT2D eigenvalue weighted by atomic mass is 9.88. The molecule has 0 unspecified atom stereocenters. The molecule has 1 aliphatic heterocycles. The highest BCUT2D eigenvalue weighted by Gasteiger charge is 2.44. The Kier molecular flexibility index (Phi) is 7.42. The van der Waals surface area contributed by atoms with Gasteiger partial charge < -0.3 is 29.2 Å². The molecule has 0 aromatic heterocycles. The first-order valence-electron chi connectivity index (χ1n) is 10.4. The van der Waals surface area contributed by atoms with Crippen LogP contribution in [0, 0.1) is 11.8 Å². The number of hydrogen-bond acceptors (Lipinski definition) is 6. The van der Waals surface area contributed by atoms with Gasteiger partial charge in [0.05, 0.1) is 27.2 Å². The quantitative estimate of drug-likeness (QED) is 0.581. The molecule has 30 heavy (non-hydrogen) atoms. The average molecular weight is 421 g/mol. The third-order valence-electron chi connectivity index (χ3n) is 5.83. The maximum atomic E-state index is 13.0. The van der Waals surface area contributed by atoms with Crippen molar-refractivity contribution in [3.63, 3.8) is 0 Å². The molecule has 1 aliphatic carbocycles. The predicted molar refractivity (Wildman–Crippen MR) is 111 cm³/mol. The number of carbonyl (C=O) groups is 2. The minimum Gasteiger partial charge on any atom is -0.493 e. The Morgan fingerprint density at radius 1 is 1.03 bits per heavy atom. The van der Waals surface area contributed by atoms with E-state index in [0.29, 0.717) is 43.5 Å². The van der Waals surface area contributed by atoms with Crippen molar-refractivity contribution in [1.29, 1.82) is 0 Å². The number of hydrogen-bond donors (Lipinski definition) is 1. The van der Waals surface area contributed by atoms with Crippen molar-refractivity contribution >= 4 is 11.8 Å². The first kappa shape index (κ1) is 22.2. The molecule has 1 saturated heterocycles. The Morgan fingerprint density at radius 2 is 1.70 bits per heavy atom. The number of carbonyl (C=O) groups excluding carboxylic acids is 2. The molecule has 0 spiro atoms. The molecule has 2 amide bonds. The number of nitrogens with zero attached hydrogens (tertiary/aromatic N) is 1. The zero-order valence-corrected chi connectivity index (χ0v) is 18.2. The van der Waals surface area contributed by atoms with E-state index in [-0.39, 0.29) is 29.6 Å². The molecular formula is C22H32N2O6. The van der Waals surface area contributed by atoms with E-state index < -0.39 is 0 Å². The normalized spacial score (nSPS) is 20.7. The molecule has 0 radical (unpaired) electrons. The lowest BCUT2D eigenvalue weighted by Crippen LogP contribution is -2.36. The van der Waals surface area contributed by atoms with E-state index in [1.807, 2.05) is 17.0 Å². The summed E-state index contributed by atoms with van der Waals surface area (Å²) in [4.78, 5) is 27.5. The number of likely N-dealkylation sites (tertiary alicyclic amines) is 1. The van der Waals surface area contributed by atoms with Gasteiger partial charge in [0.15, 0.2) is 11.5 Å². The third kappa shape index (κ3) is 4.80. The van der Waals surface area contributed by atoms with Gasteiger partial charge >= 0.3 is 0 Å². The minimum absolute atomic E-state index is 0.0454. The lowest BCUT2D eigenvalue weighted by molar-refractivity contribution is -0.132. The number of benzene rings is 1. The van der Waals surface area contributed by atoms with Crippen LogP contribution in [0.3, 0.4) is 0 Å². The molecule has 1 saturated carbocycles. The van der Waals surface area contributed by atoms with Crippen LogP contribution in [0.15, 0.2) is 12.1 Å². The summed E-state index contributed by atoms with van der Waals surface area (Å²) < 4.78 is 21.4. The highest BCUT2D eigenvalue weighted by molar-refractivity contribution is 5.85. The topological polar surface area (TPSA) is 86.3 Å². The highest BCUT2D eigenvalue weighted by atomic mass is 16.5.